The number of rotatable bonds is 6. The van der Waals surface area contributed by atoms with Crippen molar-refractivity contribution < 1.29 is 19.5 Å². The zero-order valence-electron chi connectivity index (χ0n) is 14.5. The van der Waals surface area contributed by atoms with Crippen LogP contribution in [0.15, 0.2) is 48.5 Å². The van der Waals surface area contributed by atoms with Crippen molar-refractivity contribution in [2.45, 2.75) is 25.4 Å². The number of hydrogen-bond donors (Lipinski definition) is 2. The Hall–Kier alpha value is -2.86. The average molecular weight is 387 g/mol. The van der Waals surface area contributed by atoms with Gasteiger partial charge >= 0.3 is 5.97 Å². The molecule has 1 amide bonds. The fourth-order valence-corrected chi connectivity index (χ4v) is 3.25. The molecule has 6 nitrogen and oxygen atoms in total. The summed E-state index contributed by atoms with van der Waals surface area (Å²) in [4.78, 5) is 37.2. The zero-order valence-corrected chi connectivity index (χ0v) is 15.3. The van der Waals surface area contributed by atoms with Gasteiger partial charge in [-0.3, -0.25) is 14.4 Å². The van der Waals surface area contributed by atoms with Crippen molar-refractivity contribution in [3.63, 3.8) is 0 Å². The van der Waals surface area contributed by atoms with E-state index >= 15 is 0 Å². The Morgan fingerprint density at radius 1 is 1.19 bits per heavy atom. The predicted molar refractivity (Wildman–Crippen MR) is 102 cm³/mol. The van der Waals surface area contributed by atoms with Crippen LogP contribution in [0, 0.1) is 0 Å². The van der Waals surface area contributed by atoms with Gasteiger partial charge in [-0.25, -0.2) is 0 Å². The summed E-state index contributed by atoms with van der Waals surface area (Å²) in [5.74, 6) is -1.35. The number of halogens is 1. The van der Waals surface area contributed by atoms with E-state index in [0.29, 0.717) is 30.8 Å². The maximum Gasteiger partial charge on any atom is 0.305 e. The summed E-state index contributed by atoms with van der Waals surface area (Å²) in [6.07, 6.45) is 0.319. The number of nitrogens with zero attached hydrogens (tertiary/aromatic N) is 1. The summed E-state index contributed by atoms with van der Waals surface area (Å²) in [7, 11) is 0. The van der Waals surface area contributed by atoms with E-state index in [-0.39, 0.29) is 12.3 Å². The number of nitrogens with one attached hydrogen (secondary N) is 1. The van der Waals surface area contributed by atoms with E-state index in [0.717, 1.165) is 11.1 Å². The first-order chi connectivity index (χ1) is 12.9. The van der Waals surface area contributed by atoms with Crippen molar-refractivity contribution >= 4 is 34.4 Å². The highest BCUT2D eigenvalue weighted by atomic mass is 35.5. The number of carbonyl (C=O) groups is 3. The Bertz CT molecular complexity index is 870. The standard InChI is InChI=1S/C20H19ClN2O4/c21-19(26)14-6-7-15-12-23(9-8-13-4-2-1-3-5-13)20(27)17(11-18(24)25)22-16(15)10-14/h1-7,10,17,22H,8-9,11-12H2,(H,24,25). The molecule has 0 spiro atoms. The first-order valence-electron chi connectivity index (χ1n) is 8.58. The van der Waals surface area contributed by atoms with E-state index in [2.05, 4.69) is 5.32 Å². The minimum absolute atomic E-state index is 0.275. The van der Waals surface area contributed by atoms with Crippen LogP contribution in [-0.2, 0) is 22.6 Å². The normalized spacial score (nSPS) is 16.3. The Balaban J connectivity index is 1.87. The van der Waals surface area contributed by atoms with Crippen LogP contribution in [0.1, 0.15) is 27.9 Å². The number of hydrogen-bond acceptors (Lipinski definition) is 4. The maximum atomic E-state index is 12.9. The topological polar surface area (TPSA) is 86.7 Å². The van der Waals surface area contributed by atoms with Gasteiger partial charge in [0.25, 0.3) is 5.24 Å². The number of benzene rings is 2. The number of carboxylic acid groups (broad SMARTS) is 1. The molecule has 2 N–H and O–H groups in total. The molecule has 140 valence electrons. The summed E-state index contributed by atoms with van der Waals surface area (Å²) in [6.45, 7) is 0.803. The molecule has 0 radical (unpaired) electrons. The second kappa shape index (κ2) is 8.22. The fourth-order valence-electron chi connectivity index (χ4n) is 3.14. The summed E-state index contributed by atoms with van der Waals surface area (Å²) in [5.41, 5.74) is 2.76. The number of anilines is 1. The largest absolute Gasteiger partial charge is 0.481 e. The van der Waals surface area contributed by atoms with Crippen LogP contribution in [0.4, 0.5) is 5.69 Å². The summed E-state index contributed by atoms with van der Waals surface area (Å²) >= 11 is 5.54. The third kappa shape index (κ3) is 4.65. The maximum absolute atomic E-state index is 12.9. The van der Waals surface area contributed by atoms with Gasteiger partial charge in [0.1, 0.15) is 6.04 Å². The van der Waals surface area contributed by atoms with Crippen molar-refractivity contribution in [1.29, 1.82) is 0 Å². The highest BCUT2D eigenvalue weighted by Gasteiger charge is 2.31. The van der Waals surface area contributed by atoms with Crippen LogP contribution in [0.25, 0.3) is 0 Å². The Morgan fingerprint density at radius 3 is 2.59 bits per heavy atom. The summed E-state index contributed by atoms with van der Waals surface area (Å²) in [5, 5.41) is 11.5. The second-order valence-corrected chi connectivity index (χ2v) is 6.78. The Kier molecular flexibility index (Phi) is 5.76. The van der Waals surface area contributed by atoms with Gasteiger partial charge in [0, 0.05) is 24.3 Å². The smallest absolute Gasteiger partial charge is 0.305 e. The monoisotopic (exact) mass is 386 g/mol. The van der Waals surface area contributed by atoms with Crippen LogP contribution in [0.3, 0.4) is 0 Å². The third-order valence-electron chi connectivity index (χ3n) is 4.53. The van der Waals surface area contributed by atoms with Crippen LogP contribution >= 0.6 is 11.6 Å². The molecule has 0 saturated carbocycles. The quantitative estimate of drug-likeness (QED) is 0.745. The van der Waals surface area contributed by atoms with Crippen molar-refractivity contribution in [2.75, 3.05) is 11.9 Å². The van der Waals surface area contributed by atoms with Gasteiger partial charge in [0.15, 0.2) is 0 Å². The van der Waals surface area contributed by atoms with Crippen LogP contribution in [0.2, 0.25) is 0 Å². The van der Waals surface area contributed by atoms with Gasteiger partial charge in [-0.15, -0.1) is 0 Å². The molecular formula is C20H19ClN2O4. The molecule has 2 aromatic carbocycles. The van der Waals surface area contributed by atoms with E-state index in [1.807, 2.05) is 30.3 Å². The average Bonchev–Trinajstić information content (AvgIpc) is 2.77. The molecule has 27 heavy (non-hydrogen) atoms. The lowest BCUT2D eigenvalue weighted by Crippen LogP contribution is -2.42. The molecule has 2 aromatic rings. The first-order valence-corrected chi connectivity index (χ1v) is 8.95. The number of amides is 1. The zero-order chi connectivity index (χ0) is 19.4. The lowest BCUT2D eigenvalue weighted by molar-refractivity contribution is -0.141. The first kappa shape index (κ1) is 18.9. The Morgan fingerprint density at radius 2 is 1.93 bits per heavy atom. The number of aliphatic carboxylic acids is 1. The predicted octanol–water partition coefficient (Wildman–Crippen LogP) is 2.91. The van der Waals surface area contributed by atoms with Gasteiger partial charge in [0.05, 0.1) is 6.42 Å². The lowest BCUT2D eigenvalue weighted by Gasteiger charge is -2.24. The van der Waals surface area contributed by atoms with Gasteiger partial charge < -0.3 is 15.3 Å². The van der Waals surface area contributed by atoms with E-state index in [4.69, 9.17) is 11.6 Å². The minimum atomic E-state index is -1.07. The molecule has 0 aromatic heterocycles. The Labute approximate surface area is 161 Å². The molecule has 1 aliphatic heterocycles. The number of carboxylic acids is 1. The van der Waals surface area contributed by atoms with Crippen molar-refractivity contribution in [3.8, 4) is 0 Å². The lowest BCUT2D eigenvalue weighted by atomic mass is 10.1. The molecule has 1 atom stereocenters. The highest BCUT2D eigenvalue weighted by Crippen LogP contribution is 2.26. The van der Waals surface area contributed by atoms with Crippen LogP contribution in [0.5, 0.6) is 0 Å². The molecule has 0 bridgehead atoms. The van der Waals surface area contributed by atoms with Crippen molar-refractivity contribution in [1.82, 2.24) is 4.90 Å². The number of carbonyl (C=O) groups excluding carboxylic acids is 2. The van der Waals surface area contributed by atoms with Crippen LogP contribution < -0.4 is 5.32 Å². The number of fused-ring (bicyclic) bond motifs is 1. The summed E-state index contributed by atoms with van der Waals surface area (Å²) < 4.78 is 0. The second-order valence-electron chi connectivity index (χ2n) is 6.44. The third-order valence-corrected chi connectivity index (χ3v) is 4.75. The molecule has 3 rings (SSSR count). The van der Waals surface area contributed by atoms with E-state index in [1.165, 1.54) is 0 Å². The van der Waals surface area contributed by atoms with Gasteiger partial charge in [-0.1, -0.05) is 36.4 Å². The van der Waals surface area contributed by atoms with E-state index < -0.39 is 17.3 Å². The van der Waals surface area contributed by atoms with E-state index in [9.17, 15) is 19.5 Å². The molecule has 1 heterocycles. The molecule has 0 fully saturated rings. The minimum Gasteiger partial charge on any atom is -0.481 e. The van der Waals surface area contributed by atoms with Gasteiger partial charge in [0.2, 0.25) is 5.91 Å². The molecular weight excluding hydrogens is 368 g/mol. The molecule has 0 saturated heterocycles. The van der Waals surface area contributed by atoms with Crippen molar-refractivity contribution in [3.05, 3.63) is 65.2 Å². The van der Waals surface area contributed by atoms with E-state index in [1.54, 1.807) is 23.1 Å². The molecule has 7 heteroatoms. The molecule has 0 aliphatic carbocycles. The van der Waals surface area contributed by atoms with Gasteiger partial charge in [-0.05, 0) is 41.3 Å². The van der Waals surface area contributed by atoms with Crippen LogP contribution in [-0.4, -0.2) is 39.7 Å². The van der Waals surface area contributed by atoms with Crippen molar-refractivity contribution in [2.24, 2.45) is 0 Å². The molecule has 1 unspecified atom stereocenters. The fraction of sp³-hybridized carbons (Fsp3) is 0.250. The highest BCUT2D eigenvalue weighted by molar-refractivity contribution is 6.67. The molecule has 1 aliphatic rings. The van der Waals surface area contributed by atoms with Gasteiger partial charge in [-0.2, -0.15) is 0 Å². The SMILES string of the molecule is O=C(O)CC1Nc2cc(C(=O)Cl)ccc2CN(CCc2ccccc2)C1=O. The summed E-state index contributed by atoms with van der Waals surface area (Å²) in [6, 6.07) is 13.8.